The number of carbonyl (C=O) groups excluding carboxylic acids is 1. The number of hydrogen-bond donors (Lipinski definition) is 0. The Morgan fingerprint density at radius 3 is 2.57 bits per heavy atom. The van der Waals surface area contributed by atoms with Gasteiger partial charge < -0.3 is 9.64 Å². The standard InChI is InChI=1S/C26H24N2O2/c1-3-20(15-19(2)18-27)21-9-10-25-23(16-21)24(29)17-26(30-25)11-13-28(14-12-26)22-7-5-4-6-8-22/h3-10,15-16H,1-2,11-14,17H2. The number of benzene rings is 2. The fraction of sp³-hybridized carbons (Fsp3) is 0.231. The molecule has 2 aliphatic rings. The van der Waals surface area contributed by atoms with Crippen LogP contribution in [0.5, 0.6) is 5.75 Å². The van der Waals surface area contributed by atoms with E-state index in [0.29, 0.717) is 23.3 Å². The van der Waals surface area contributed by atoms with Crippen molar-refractivity contribution in [3.63, 3.8) is 0 Å². The van der Waals surface area contributed by atoms with Gasteiger partial charge in [0, 0.05) is 37.2 Å². The number of carbonyl (C=O) groups is 1. The monoisotopic (exact) mass is 396 g/mol. The number of fused-ring (bicyclic) bond motifs is 1. The van der Waals surface area contributed by atoms with Crippen molar-refractivity contribution in [2.75, 3.05) is 18.0 Å². The number of ketones is 1. The number of ether oxygens (including phenoxy) is 1. The molecule has 150 valence electrons. The Morgan fingerprint density at radius 2 is 1.90 bits per heavy atom. The minimum Gasteiger partial charge on any atom is -0.486 e. The molecule has 2 aromatic rings. The van der Waals surface area contributed by atoms with Crippen LogP contribution in [0.2, 0.25) is 0 Å². The smallest absolute Gasteiger partial charge is 0.170 e. The number of nitrogens with zero attached hydrogens (tertiary/aromatic N) is 2. The van der Waals surface area contributed by atoms with Crippen molar-refractivity contribution in [3.05, 3.63) is 90.5 Å². The third-order valence-corrected chi connectivity index (χ3v) is 5.91. The van der Waals surface area contributed by atoms with Crippen molar-refractivity contribution in [1.82, 2.24) is 0 Å². The van der Waals surface area contributed by atoms with Crippen molar-refractivity contribution in [2.45, 2.75) is 24.9 Å². The largest absolute Gasteiger partial charge is 0.486 e. The predicted molar refractivity (Wildman–Crippen MR) is 120 cm³/mol. The van der Waals surface area contributed by atoms with Gasteiger partial charge in [-0.15, -0.1) is 0 Å². The second-order valence-electron chi connectivity index (χ2n) is 7.86. The van der Waals surface area contributed by atoms with Crippen LogP contribution in [0.4, 0.5) is 5.69 Å². The quantitative estimate of drug-likeness (QED) is 0.517. The van der Waals surface area contributed by atoms with Gasteiger partial charge in [0.15, 0.2) is 5.78 Å². The van der Waals surface area contributed by atoms with E-state index in [-0.39, 0.29) is 5.78 Å². The van der Waals surface area contributed by atoms with E-state index < -0.39 is 5.60 Å². The predicted octanol–water partition coefficient (Wildman–Crippen LogP) is 5.34. The van der Waals surface area contributed by atoms with Crippen molar-refractivity contribution < 1.29 is 9.53 Å². The van der Waals surface area contributed by atoms with E-state index in [0.717, 1.165) is 37.1 Å². The lowest BCUT2D eigenvalue weighted by molar-refractivity contribution is 0.0232. The maximum atomic E-state index is 13.0. The van der Waals surface area contributed by atoms with Crippen LogP contribution in [0, 0.1) is 11.3 Å². The number of rotatable bonds is 4. The molecule has 2 aromatic carbocycles. The van der Waals surface area contributed by atoms with Gasteiger partial charge in [0.05, 0.1) is 18.1 Å². The zero-order valence-corrected chi connectivity index (χ0v) is 16.9. The van der Waals surface area contributed by atoms with Crippen molar-refractivity contribution in [2.24, 2.45) is 0 Å². The molecule has 0 aromatic heterocycles. The summed E-state index contributed by atoms with van der Waals surface area (Å²) in [6.45, 7) is 9.24. The van der Waals surface area contributed by atoms with Gasteiger partial charge in [-0.2, -0.15) is 5.26 Å². The van der Waals surface area contributed by atoms with E-state index in [9.17, 15) is 4.79 Å². The van der Waals surface area contributed by atoms with Crippen LogP contribution in [0.3, 0.4) is 0 Å². The summed E-state index contributed by atoms with van der Waals surface area (Å²) in [6, 6.07) is 18.0. The van der Waals surface area contributed by atoms with E-state index in [4.69, 9.17) is 10.00 Å². The first-order valence-corrected chi connectivity index (χ1v) is 10.1. The molecule has 0 amide bonds. The van der Waals surface area contributed by atoms with Crippen molar-refractivity contribution in [3.8, 4) is 11.8 Å². The summed E-state index contributed by atoms with van der Waals surface area (Å²) in [5.41, 5.74) is 3.30. The highest BCUT2D eigenvalue weighted by Gasteiger charge is 2.43. The molecule has 0 N–H and O–H groups in total. The Hall–Kier alpha value is -3.58. The van der Waals surface area contributed by atoms with Crippen LogP contribution in [0.25, 0.3) is 5.57 Å². The summed E-state index contributed by atoms with van der Waals surface area (Å²) in [6.07, 6.45) is 5.36. The lowest BCUT2D eigenvalue weighted by atomic mass is 9.82. The van der Waals surface area contributed by atoms with Crippen LogP contribution >= 0.6 is 0 Å². The second kappa shape index (κ2) is 8.04. The molecule has 0 saturated carbocycles. The molecule has 0 atom stereocenters. The molecule has 0 aliphatic carbocycles. The first-order valence-electron chi connectivity index (χ1n) is 10.1. The van der Waals surface area contributed by atoms with Gasteiger partial charge in [-0.3, -0.25) is 4.79 Å². The molecule has 1 spiro atoms. The highest BCUT2D eigenvalue weighted by molar-refractivity contribution is 6.01. The Balaban J connectivity index is 1.54. The number of anilines is 1. The first-order chi connectivity index (χ1) is 14.5. The topological polar surface area (TPSA) is 53.3 Å². The summed E-state index contributed by atoms with van der Waals surface area (Å²) in [7, 11) is 0. The molecule has 1 saturated heterocycles. The Kier molecular flexibility index (Phi) is 5.29. The van der Waals surface area contributed by atoms with Crippen LogP contribution in [0.1, 0.15) is 35.2 Å². The molecule has 4 heteroatoms. The highest BCUT2D eigenvalue weighted by Crippen LogP contribution is 2.41. The van der Waals surface area contributed by atoms with E-state index >= 15 is 0 Å². The molecule has 0 unspecified atom stereocenters. The average Bonchev–Trinajstić information content (AvgIpc) is 2.78. The van der Waals surface area contributed by atoms with Crippen LogP contribution in [0.15, 0.2) is 79.4 Å². The number of allylic oxidation sites excluding steroid dienone is 4. The maximum absolute atomic E-state index is 13.0. The lowest BCUT2D eigenvalue weighted by Gasteiger charge is -2.44. The van der Waals surface area contributed by atoms with Gasteiger partial charge in [0.2, 0.25) is 0 Å². The Labute approximate surface area is 177 Å². The first kappa shape index (κ1) is 19.7. The van der Waals surface area contributed by atoms with Gasteiger partial charge in [-0.25, -0.2) is 0 Å². The molecule has 2 aliphatic heterocycles. The summed E-state index contributed by atoms with van der Waals surface area (Å²) >= 11 is 0. The van der Waals surface area contributed by atoms with Gasteiger partial charge in [0.25, 0.3) is 0 Å². The minimum absolute atomic E-state index is 0.105. The zero-order valence-electron chi connectivity index (χ0n) is 16.9. The summed E-state index contributed by atoms with van der Waals surface area (Å²) in [5, 5.41) is 8.99. The Bertz CT molecular complexity index is 1070. The van der Waals surface area contributed by atoms with E-state index in [1.807, 2.05) is 42.5 Å². The number of Topliss-reactive ketones (excluding diaryl/α,β-unsaturated/α-hetero) is 1. The average molecular weight is 396 g/mol. The lowest BCUT2D eigenvalue weighted by Crippen LogP contribution is -2.51. The number of nitriles is 1. The SMILES string of the molecule is C=CC(=CC(=C)C#N)c1ccc2c(c1)C(=O)CC1(CCN(c3ccccc3)CC1)O2. The zero-order chi connectivity index (χ0) is 21.1. The van der Waals surface area contributed by atoms with Crippen LogP contribution in [-0.4, -0.2) is 24.5 Å². The fourth-order valence-electron chi connectivity index (χ4n) is 4.24. The summed E-state index contributed by atoms with van der Waals surface area (Å²) in [5.74, 6) is 0.750. The summed E-state index contributed by atoms with van der Waals surface area (Å²) < 4.78 is 6.42. The molecule has 0 radical (unpaired) electrons. The molecule has 4 nitrogen and oxygen atoms in total. The number of para-hydroxylation sites is 1. The molecule has 30 heavy (non-hydrogen) atoms. The molecular weight excluding hydrogens is 372 g/mol. The van der Waals surface area contributed by atoms with E-state index in [1.54, 1.807) is 12.2 Å². The highest BCUT2D eigenvalue weighted by atomic mass is 16.5. The normalized spacial score (nSPS) is 17.6. The van der Waals surface area contributed by atoms with Crippen LogP contribution < -0.4 is 9.64 Å². The Morgan fingerprint density at radius 1 is 1.17 bits per heavy atom. The third kappa shape index (κ3) is 3.79. The number of piperidine rings is 1. The molecule has 2 heterocycles. The van der Waals surface area contributed by atoms with E-state index in [1.165, 1.54) is 5.69 Å². The van der Waals surface area contributed by atoms with Gasteiger partial charge in [0.1, 0.15) is 11.4 Å². The van der Waals surface area contributed by atoms with Gasteiger partial charge in [-0.05, 0) is 41.5 Å². The fourth-order valence-corrected chi connectivity index (χ4v) is 4.24. The summed E-state index contributed by atoms with van der Waals surface area (Å²) in [4.78, 5) is 15.4. The van der Waals surface area contributed by atoms with Gasteiger partial charge >= 0.3 is 0 Å². The molecule has 4 rings (SSSR count). The van der Waals surface area contributed by atoms with Crippen molar-refractivity contribution in [1.29, 1.82) is 5.26 Å². The molecular formula is C26H24N2O2. The second-order valence-corrected chi connectivity index (χ2v) is 7.86. The van der Waals surface area contributed by atoms with E-state index in [2.05, 4.69) is 30.2 Å². The number of hydrogen-bond acceptors (Lipinski definition) is 4. The van der Waals surface area contributed by atoms with Gasteiger partial charge in [-0.1, -0.05) is 43.5 Å². The minimum atomic E-state index is -0.427. The molecule has 0 bridgehead atoms. The maximum Gasteiger partial charge on any atom is 0.170 e. The third-order valence-electron chi connectivity index (χ3n) is 5.91. The van der Waals surface area contributed by atoms with Crippen LogP contribution in [-0.2, 0) is 0 Å². The molecule has 1 fully saturated rings. The van der Waals surface area contributed by atoms with Crippen molar-refractivity contribution >= 4 is 17.0 Å².